The van der Waals surface area contributed by atoms with Gasteiger partial charge in [0.1, 0.15) is 5.75 Å². The maximum atomic E-state index is 12.1. The summed E-state index contributed by atoms with van der Waals surface area (Å²) in [6.07, 6.45) is 0.818. The minimum atomic E-state index is -0.0760. The van der Waals surface area contributed by atoms with Crippen molar-refractivity contribution in [2.75, 3.05) is 30.4 Å². The molecule has 3 rings (SSSR count). The molecule has 0 spiro atoms. The molecule has 1 aromatic rings. The first-order chi connectivity index (χ1) is 10.3. The van der Waals surface area contributed by atoms with E-state index in [0.29, 0.717) is 11.9 Å². The summed E-state index contributed by atoms with van der Waals surface area (Å²) in [6, 6.07) is 7.88. The van der Waals surface area contributed by atoms with Crippen LogP contribution in [-0.4, -0.2) is 41.7 Å². The van der Waals surface area contributed by atoms with Crippen molar-refractivity contribution in [3.8, 4) is 5.75 Å². The van der Waals surface area contributed by atoms with Crippen molar-refractivity contribution in [2.24, 2.45) is 0 Å². The molecule has 2 heterocycles. The van der Waals surface area contributed by atoms with Gasteiger partial charge in [-0.15, -0.1) is 0 Å². The molecule has 0 aliphatic carbocycles. The van der Waals surface area contributed by atoms with Crippen LogP contribution in [0.5, 0.6) is 5.75 Å². The molecule has 6 heteroatoms. The van der Waals surface area contributed by atoms with E-state index >= 15 is 0 Å². The Labute approximate surface area is 133 Å². The van der Waals surface area contributed by atoms with Gasteiger partial charge in [-0.2, -0.15) is 23.5 Å². The Balaban J connectivity index is 1.51. The van der Waals surface area contributed by atoms with E-state index in [1.54, 1.807) is 0 Å². The number of hydrogen-bond donors (Lipinski definition) is 2. The molecule has 2 amide bonds. The van der Waals surface area contributed by atoms with Gasteiger partial charge in [0.25, 0.3) is 0 Å². The monoisotopic (exact) mass is 324 g/mol. The van der Waals surface area contributed by atoms with Crippen LogP contribution in [0.2, 0.25) is 0 Å². The van der Waals surface area contributed by atoms with Gasteiger partial charge in [0, 0.05) is 41.0 Å². The van der Waals surface area contributed by atoms with Gasteiger partial charge in [0.2, 0.25) is 0 Å². The summed E-state index contributed by atoms with van der Waals surface area (Å²) in [4.78, 5) is 12.1. The predicted molar refractivity (Wildman–Crippen MR) is 89.4 cm³/mol. The molecule has 1 aromatic carbocycles. The zero-order chi connectivity index (χ0) is 14.5. The third kappa shape index (κ3) is 4.01. The van der Waals surface area contributed by atoms with Crippen LogP contribution in [0.25, 0.3) is 0 Å². The van der Waals surface area contributed by atoms with Crippen molar-refractivity contribution in [2.45, 2.75) is 17.7 Å². The molecule has 0 aromatic heterocycles. The number of carbonyl (C=O) groups excluding carboxylic acids is 1. The van der Waals surface area contributed by atoms with Crippen LogP contribution in [-0.2, 0) is 0 Å². The number of ether oxygens (including phenoxy) is 1. The molecule has 0 saturated carbocycles. The van der Waals surface area contributed by atoms with Crippen molar-refractivity contribution in [1.82, 2.24) is 10.6 Å². The Morgan fingerprint density at radius 1 is 1.33 bits per heavy atom. The van der Waals surface area contributed by atoms with Gasteiger partial charge in [0.15, 0.2) is 0 Å². The van der Waals surface area contributed by atoms with Gasteiger partial charge in [-0.3, -0.25) is 0 Å². The van der Waals surface area contributed by atoms with E-state index < -0.39 is 0 Å². The second-order valence-electron chi connectivity index (χ2n) is 5.15. The molecule has 2 aliphatic heterocycles. The van der Waals surface area contributed by atoms with Crippen molar-refractivity contribution < 1.29 is 9.53 Å². The Hall–Kier alpha value is -1.01. The number of benzene rings is 1. The van der Waals surface area contributed by atoms with Crippen LogP contribution in [0.3, 0.4) is 0 Å². The molecular formula is C15H20N2O2S2. The summed E-state index contributed by atoms with van der Waals surface area (Å²) >= 11 is 3.93. The highest BCUT2D eigenvalue weighted by molar-refractivity contribution is 8.06. The molecule has 2 aliphatic rings. The SMILES string of the molecule is O=C(NC[C@@H]1CSCCS1)N[C@H]1CCOc2ccccc21. The maximum absolute atomic E-state index is 12.1. The van der Waals surface area contributed by atoms with Crippen LogP contribution in [0.4, 0.5) is 4.79 Å². The molecule has 4 nitrogen and oxygen atoms in total. The summed E-state index contributed by atoms with van der Waals surface area (Å²) in [7, 11) is 0. The fourth-order valence-corrected chi connectivity index (χ4v) is 5.17. The minimum absolute atomic E-state index is 0.0448. The summed E-state index contributed by atoms with van der Waals surface area (Å²) in [5.41, 5.74) is 1.07. The van der Waals surface area contributed by atoms with Crippen molar-refractivity contribution in [1.29, 1.82) is 0 Å². The Morgan fingerprint density at radius 3 is 3.10 bits per heavy atom. The van der Waals surface area contributed by atoms with Gasteiger partial charge in [-0.05, 0) is 6.07 Å². The first-order valence-electron chi connectivity index (χ1n) is 7.28. The standard InChI is InChI=1S/C15H20N2O2S2/c18-15(16-9-11-10-20-7-8-21-11)17-13-5-6-19-14-4-2-1-3-12(13)14/h1-4,11,13H,5-10H2,(H2,16,17,18)/t11-,13+/m1/s1. The predicted octanol–water partition coefficient (Wildman–Crippen LogP) is 2.66. The van der Waals surface area contributed by atoms with Crippen LogP contribution >= 0.6 is 23.5 Å². The van der Waals surface area contributed by atoms with Crippen LogP contribution < -0.4 is 15.4 Å². The first-order valence-corrected chi connectivity index (χ1v) is 9.49. The lowest BCUT2D eigenvalue weighted by molar-refractivity contribution is 0.223. The lowest BCUT2D eigenvalue weighted by Gasteiger charge is -2.27. The van der Waals surface area contributed by atoms with Crippen molar-refractivity contribution >= 4 is 29.6 Å². The zero-order valence-electron chi connectivity index (χ0n) is 11.8. The molecule has 2 atom stereocenters. The number of rotatable bonds is 3. The van der Waals surface area contributed by atoms with Gasteiger partial charge < -0.3 is 15.4 Å². The van der Waals surface area contributed by atoms with Crippen molar-refractivity contribution in [3.63, 3.8) is 0 Å². The molecule has 2 N–H and O–H groups in total. The zero-order valence-corrected chi connectivity index (χ0v) is 13.5. The van der Waals surface area contributed by atoms with Gasteiger partial charge in [0.05, 0.1) is 12.6 Å². The molecule has 1 saturated heterocycles. The van der Waals surface area contributed by atoms with E-state index in [2.05, 4.69) is 10.6 Å². The second-order valence-corrected chi connectivity index (χ2v) is 7.71. The fourth-order valence-electron chi connectivity index (χ4n) is 2.56. The third-order valence-corrected chi connectivity index (χ3v) is 6.48. The highest BCUT2D eigenvalue weighted by Crippen LogP contribution is 2.31. The first kappa shape index (κ1) is 14.9. The summed E-state index contributed by atoms with van der Waals surface area (Å²) in [6.45, 7) is 1.39. The number of hydrogen-bond acceptors (Lipinski definition) is 4. The maximum Gasteiger partial charge on any atom is 0.315 e. The average molecular weight is 324 g/mol. The molecular weight excluding hydrogens is 304 g/mol. The van der Waals surface area contributed by atoms with Crippen LogP contribution in [0, 0.1) is 0 Å². The Bertz CT molecular complexity index is 492. The van der Waals surface area contributed by atoms with Crippen molar-refractivity contribution in [3.05, 3.63) is 29.8 Å². The average Bonchev–Trinajstić information content (AvgIpc) is 2.54. The smallest absolute Gasteiger partial charge is 0.315 e. The minimum Gasteiger partial charge on any atom is -0.493 e. The molecule has 21 heavy (non-hydrogen) atoms. The number of amides is 2. The van der Waals surface area contributed by atoms with E-state index in [4.69, 9.17) is 4.74 Å². The molecule has 0 unspecified atom stereocenters. The largest absolute Gasteiger partial charge is 0.493 e. The molecule has 114 valence electrons. The van der Waals surface area contributed by atoms with E-state index in [0.717, 1.165) is 30.0 Å². The topological polar surface area (TPSA) is 50.4 Å². The van der Waals surface area contributed by atoms with Gasteiger partial charge in [-0.25, -0.2) is 4.79 Å². The number of carbonyl (C=O) groups is 1. The summed E-state index contributed by atoms with van der Waals surface area (Å²) in [5.74, 6) is 4.43. The normalized spacial score (nSPS) is 24.6. The van der Waals surface area contributed by atoms with E-state index in [1.807, 2.05) is 47.8 Å². The summed E-state index contributed by atoms with van der Waals surface area (Å²) < 4.78 is 5.61. The highest BCUT2D eigenvalue weighted by atomic mass is 32.2. The highest BCUT2D eigenvalue weighted by Gasteiger charge is 2.23. The number of urea groups is 1. The summed E-state index contributed by atoms with van der Waals surface area (Å²) in [5, 5.41) is 6.61. The van der Waals surface area contributed by atoms with Gasteiger partial charge in [-0.1, -0.05) is 18.2 Å². The van der Waals surface area contributed by atoms with Crippen LogP contribution in [0.1, 0.15) is 18.0 Å². The number of para-hydroxylation sites is 1. The third-order valence-electron chi connectivity index (χ3n) is 3.64. The quantitative estimate of drug-likeness (QED) is 0.897. The second kappa shape index (κ2) is 7.31. The fraction of sp³-hybridized carbons (Fsp3) is 0.533. The lowest BCUT2D eigenvalue weighted by Crippen LogP contribution is -2.42. The Morgan fingerprint density at radius 2 is 2.24 bits per heavy atom. The number of nitrogens with one attached hydrogen (secondary N) is 2. The molecule has 0 bridgehead atoms. The van der Waals surface area contributed by atoms with Crippen LogP contribution in [0.15, 0.2) is 24.3 Å². The number of fused-ring (bicyclic) bond motifs is 1. The van der Waals surface area contributed by atoms with E-state index in [9.17, 15) is 4.79 Å². The van der Waals surface area contributed by atoms with E-state index in [1.165, 1.54) is 11.5 Å². The molecule has 0 radical (unpaired) electrons. The Kier molecular flexibility index (Phi) is 5.19. The molecule has 1 fully saturated rings. The van der Waals surface area contributed by atoms with Gasteiger partial charge >= 0.3 is 6.03 Å². The lowest BCUT2D eigenvalue weighted by atomic mass is 10.0. The van der Waals surface area contributed by atoms with E-state index in [-0.39, 0.29) is 12.1 Å². The number of thioether (sulfide) groups is 2.